The van der Waals surface area contributed by atoms with Gasteiger partial charge in [0.1, 0.15) is 5.75 Å². The molecule has 0 spiro atoms. The first-order chi connectivity index (χ1) is 10.1. The van der Waals surface area contributed by atoms with E-state index in [0.29, 0.717) is 0 Å². The molecule has 0 fully saturated rings. The summed E-state index contributed by atoms with van der Waals surface area (Å²) in [4.78, 5) is 1.17. The van der Waals surface area contributed by atoms with Gasteiger partial charge in [0.15, 0.2) is 0 Å². The molecule has 112 valence electrons. The molecular weight excluding hydrogens is 278 g/mol. The minimum atomic E-state index is 0.739. The van der Waals surface area contributed by atoms with Crippen molar-refractivity contribution in [3.63, 3.8) is 0 Å². The van der Waals surface area contributed by atoms with Crippen molar-refractivity contribution in [2.24, 2.45) is 0 Å². The van der Waals surface area contributed by atoms with Gasteiger partial charge in [-0.3, -0.25) is 0 Å². The van der Waals surface area contributed by atoms with Crippen LogP contribution >= 0.6 is 11.8 Å². The quantitative estimate of drug-likeness (QED) is 0.475. The van der Waals surface area contributed by atoms with Crippen LogP contribution in [0.25, 0.3) is 0 Å². The summed E-state index contributed by atoms with van der Waals surface area (Å²) >= 11 is 1.80. The van der Waals surface area contributed by atoms with E-state index in [1.165, 1.54) is 21.6 Å². The minimum absolute atomic E-state index is 0.739. The molecule has 2 nitrogen and oxygen atoms in total. The van der Waals surface area contributed by atoms with Gasteiger partial charge >= 0.3 is 0 Å². The zero-order chi connectivity index (χ0) is 15.2. The van der Waals surface area contributed by atoms with Crippen LogP contribution in [0, 0.1) is 20.8 Å². The number of hydrogen-bond donors (Lipinski definition) is 1. The molecule has 0 heterocycles. The Labute approximate surface area is 131 Å². The summed E-state index contributed by atoms with van der Waals surface area (Å²) < 4.78 is 5.86. The Morgan fingerprint density at radius 3 is 2.52 bits per heavy atom. The van der Waals surface area contributed by atoms with E-state index in [-0.39, 0.29) is 0 Å². The number of ether oxygens (including phenoxy) is 1. The van der Waals surface area contributed by atoms with E-state index in [9.17, 15) is 0 Å². The highest BCUT2D eigenvalue weighted by molar-refractivity contribution is 7.99. The van der Waals surface area contributed by atoms with Crippen LogP contribution in [0.15, 0.2) is 41.3 Å². The SMILES string of the molecule is Cc1ccc(C)c(OCCCSc2cc(C)ccc2N)c1. The first-order valence-electron chi connectivity index (χ1n) is 7.25. The second kappa shape index (κ2) is 7.41. The van der Waals surface area contributed by atoms with Crippen LogP contribution in [0.4, 0.5) is 5.69 Å². The van der Waals surface area contributed by atoms with Gasteiger partial charge in [-0.05, 0) is 62.1 Å². The molecule has 3 heteroatoms. The lowest BCUT2D eigenvalue weighted by molar-refractivity contribution is 0.316. The molecule has 2 aromatic carbocycles. The fourth-order valence-corrected chi connectivity index (χ4v) is 3.04. The van der Waals surface area contributed by atoms with Gasteiger partial charge in [0.2, 0.25) is 0 Å². The Hall–Kier alpha value is -1.61. The van der Waals surface area contributed by atoms with Crippen molar-refractivity contribution in [2.45, 2.75) is 32.1 Å². The predicted octanol–water partition coefficient (Wildman–Crippen LogP) is 4.76. The van der Waals surface area contributed by atoms with E-state index in [4.69, 9.17) is 10.5 Å². The summed E-state index contributed by atoms with van der Waals surface area (Å²) in [7, 11) is 0. The highest BCUT2D eigenvalue weighted by Crippen LogP contribution is 2.26. The molecular formula is C18H23NOS. The molecule has 0 unspecified atom stereocenters. The van der Waals surface area contributed by atoms with Gasteiger partial charge in [-0.25, -0.2) is 0 Å². The van der Waals surface area contributed by atoms with Crippen molar-refractivity contribution in [3.05, 3.63) is 53.1 Å². The molecule has 0 saturated heterocycles. The van der Waals surface area contributed by atoms with Gasteiger partial charge in [-0.1, -0.05) is 18.2 Å². The molecule has 0 aliphatic carbocycles. The number of nitrogens with two attached hydrogens (primary N) is 1. The topological polar surface area (TPSA) is 35.2 Å². The highest BCUT2D eigenvalue weighted by atomic mass is 32.2. The summed E-state index contributed by atoms with van der Waals surface area (Å²) in [6, 6.07) is 12.5. The third kappa shape index (κ3) is 4.71. The van der Waals surface area contributed by atoms with E-state index in [1.54, 1.807) is 11.8 Å². The molecule has 0 atom stereocenters. The molecule has 0 amide bonds. The third-order valence-electron chi connectivity index (χ3n) is 3.32. The Bertz CT molecular complexity index is 557. The third-order valence-corrected chi connectivity index (χ3v) is 4.47. The molecule has 21 heavy (non-hydrogen) atoms. The fourth-order valence-electron chi connectivity index (χ4n) is 2.05. The van der Waals surface area contributed by atoms with Gasteiger partial charge in [-0.15, -0.1) is 11.8 Å². The van der Waals surface area contributed by atoms with Crippen molar-refractivity contribution >= 4 is 17.4 Å². The smallest absolute Gasteiger partial charge is 0.122 e. The normalized spacial score (nSPS) is 10.6. The first kappa shape index (κ1) is 15.8. The van der Waals surface area contributed by atoms with Gasteiger partial charge in [0.05, 0.1) is 6.61 Å². The maximum atomic E-state index is 5.98. The molecule has 2 rings (SSSR count). The van der Waals surface area contributed by atoms with Gasteiger partial charge in [0.25, 0.3) is 0 Å². The second-order valence-corrected chi connectivity index (χ2v) is 6.50. The predicted molar refractivity (Wildman–Crippen MR) is 92.3 cm³/mol. The number of aryl methyl sites for hydroxylation is 3. The van der Waals surface area contributed by atoms with Gasteiger partial charge in [0, 0.05) is 16.3 Å². The summed E-state index contributed by atoms with van der Waals surface area (Å²) in [5, 5.41) is 0. The van der Waals surface area contributed by atoms with Crippen LogP contribution in [0.2, 0.25) is 0 Å². The molecule has 0 aromatic heterocycles. The maximum Gasteiger partial charge on any atom is 0.122 e. The largest absolute Gasteiger partial charge is 0.493 e. The lowest BCUT2D eigenvalue weighted by atomic mass is 10.1. The van der Waals surface area contributed by atoms with E-state index in [0.717, 1.165) is 30.2 Å². The Morgan fingerprint density at radius 2 is 1.71 bits per heavy atom. The number of anilines is 1. The summed E-state index contributed by atoms with van der Waals surface area (Å²) in [5.74, 6) is 2.01. The Balaban J connectivity index is 1.77. The average Bonchev–Trinajstić information content (AvgIpc) is 2.45. The first-order valence-corrected chi connectivity index (χ1v) is 8.24. The molecule has 0 bridgehead atoms. The Kier molecular flexibility index (Phi) is 5.57. The number of thioether (sulfide) groups is 1. The van der Waals surface area contributed by atoms with Gasteiger partial charge < -0.3 is 10.5 Å². The van der Waals surface area contributed by atoms with Crippen LogP contribution < -0.4 is 10.5 Å². The lowest BCUT2D eigenvalue weighted by Crippen LogP contribution is -2.00. The molecule has 2 N–H and O–H groups in total. The average molecular weight is 301 g/mol. The summed E-state index contributed by atoms with van der Waals surface area (Å²) in [6.45, 7) is 7.00. The van der Waals surface area contributed by atoms with Crippen LogP contribution in [-0.2, 0) is 0 Å². The second-order valence-electron chi connectivity index (χ2n) is 5.36. The number of rotatable bonds is 6. The zero-order valence-corrected chi connectivity index (χ0v) is 13.8. The van der Waals surface area contributed by atoms with Crippen LogP contribution in [0.1, 0.15) is 23.1 Å². The standard InChI is InChI=1S/C18H23NOS/c1-13-5-7-15(3)17(11-13)20-9-4-10-21-18-12-14(2)6-8-16(18)19/h5-8,11-12H,4,9-10,19H2,1-3H3. The van der Waals surface area contributed by atoms with Crippen LogP contribution in [-0.4, -0.2) is 12.4 Å². The minimum Gasteiger partial charge on any atom is -0.493 e. The van der Waals surface area contributed by atoms with E-state index in [1.807, 2.05) is 12.1 Å². The van der Waals surface area contributed by atoms with Crippen LogP contribution in [0.3, 0.4) is 0 Å². The van der Waals surface area contributed by atoms with E-state index < -0.39 is 0 Å². The maximum absolute atomic E-state index is 5.98. The van der Waals surface area contributed by atoms with Crippen molar-refractivity contribution in [1.82, 2.24) is 0 Å². The van der Waals surface area contributed by atoms with Crippen molar-refractivity contribution in [1.29, 1.82) is 0 Å². The Morgan fingerprint density at radius 1 is 1.00 bits per heavy atom. The number of hydrogen-bond acceptors (Lipinski definition) is 3. The van der Waals surface area contributed by atoms with Crippen molar-refractivity contribution in [3.8, 4) is 5.75 Å². The molecule has 0 radical (unpaired) electrons. The van der Waals surface area contributed by atoms with E-state index in [2.05, 4.69) is 45.0 Å². The van der Waals surface area contributed by atoms with E-state index >= 15 is 0 Å². The van der Waals surface area contributed by atoms with Crippen molar-refractivity contribution < 1.29 is 4.74 Å². The zero-order valence-electron chi connectivity index (χ0n) is 13.0. The summed E-state index contributed by atoms with van der Waals surface area (Å²) in [6.07, 6.45) is 1.01. The highest BCUT2D eigenvalue weighted by Gasteiger charge is 2.02. The summed E-state index contributed by atoms with van der Waals surface area (Å²) in [5.41, 5.74) is 10.5. The number of nitrogen functional groups attached to an aromatic ring is 1. The fraction of sp³-hybridized carbons (Fsp3) is 0.333. The molecule has 0 saturated carbocycles. The molecule has 0 aliphatic rings. The van der Waals surface area contributed by atoms with Crippen molar-refractivity contribution in [2.75, 3.05) is 18.1 Å². The molecule has 2 aromatic rings. The number of benzene rings is 2. The van der Waals surface area contributed by atoms with Gasteiger partial charge in [-0.2, -0.15) is 0 Å². The molecule has 0 aliphatic heterocycles. The monoisotopic (exact) mass is 301 g/mol. The lowest BCUT2D eigenvalue weighted by Gasteiger charge is -2.10. The van der Waals surface area contributed by atoms with Crippen LogP contribution in [0.5, 0.6) is 5.75 Å².